The molecule has 6 heteroatoms. The van der Waals surface area contributed by atoms with Crippen molar-refractivity contribution < 1.29 is 13.2 Å². The number of alkyl halides is 3. The second-order valence-corrected chi connectivity index (χ2v) is 3.46. The third-order valence-corrected chi connectivity index (χ3v) is 2.30. The lowest BCUT2D eigenvalue weighted by molar-refractivity contribution is -0.136. The highest BCUT2D eigenvalue weighted by Crippen LogP contribution is 2.21. The summed E-state index contributed by atoms with van der Waals surface area (Å²) in [5, 5.41) is 0. The first-order valence-electron chi connectivity index (χ1n) is 4.72. The zero-order valence-corrected chi connectivity index (χ0v) is 8.21. The van der Waals surface area contributed by atoms with Crippen LogP contribution in [-0.4, -0.2) is 15.7 Å². The maximum atomic E-state index is 12.1. The monoisotopic (exact) mass is 230 g/mol. The number of aromatic amines is 1. The maximum absolute atomic E-state index is 12.1. The van der Waals surface area contributed by atoms with E-state index in [1.165, 1.54) is 0 Å². The number of imidazole rings is 1. The molecule has 0 aliphatic heterocycles. The minimum atomic E-state index is -4.25. The molecule has 2 rings (SSSR count). The van der Waals surface area contributed by atoms with E-state index >= 15 is 0 Å². The summed E-state index contributed by atoms with van der Waals surface area (Å²) in [4.78, 5) is 13.9. The highest BCUT2D eigenvalue weighted by molar-refractivity contribution is 5.74. The van der Waals surface area contributed by atoms with Crippen LogP contribution in [0.5, 0.6) is 0 Å². The number of aryl methyl sites for hydroxylation is 1. The summed E-state index contributed by atoms with van der Waals surface area (Å²) >= 11 is 0. The van der Waals surface area contributed by atoms with E-state index in [0.29, 0.717) is 11.0 Å². The van der Waals surface area contributed by atoms with Crippen LogP contribution in [0, 0.1) is 0 Å². The molecule has 1 aromatic carbocycles. The summed E-state index contributed by atoms with van der Waals surface area (Å²) in [6.07, 6.45) is -5.26. The van der Waals surface area contributed by atoms with Crippen molar-refractivity contribution >= 4 is 11.0 Å². The zero-order chi connectivity index (χ0) is 11.8. The molecule has 0 radical (unpaired) electrons. The van der Waals surface area contributed by atoms with Crippen LogP contribution in [-0.2, 0) is 6.54 Å². The van der Waals surface area contributed by atoms with Gasteiger partial charge in [-0.3, -0.25) is 4.57 Å². The van der Waals surface area contributed by atoms with Crippen molar-refractivity contribution in [2.45, 2.75) is 19.1 Å². The molecule has 1 aromatic heterocycles. The number of fused-ring (bicyclic) bond motifs is 1. The lowest BCUT2D eigenvalue weighted by Crippen LogP contribution is -2.20. The average molecular weight is 230 g/mol. The standard InChI is InChI=1S/C10H9F3N2O/c11-10(12,13)5-6-15-8-4-2-1-3-7(8)14-9(15)16/h1-4H,5-6H2,(H,14,16). The number of para-hydroxylation sites is 2. The number of rotatable bonds is 2. The van der Waals surface area contributed by atoms with Crippen molar-refractivity contribution in [2.24, 2.45) is 0 Å². The van der Waals surface area contributed by atoms with Crippen molar-refractivity contribution in [1.82, 2.24) is 9.55 Å². The molecular weight excluding hydrogens is 221 g/mol. The van der Waals surface area contributed by atoms with Gasteiger partial charge in [0.1, 0.15) is 0 Å². The van der Waals surface area contributed by atoms with E-state index in [4.69, 9.17) is 0 Å². The first-order chi connectivity index (χ1) is 7.47. The zero-order valence-electron chi connectivity index (χ0n) is 8.21. The third kappa shape index (κ3) is 2.10. The fourth-order valence-electron chi connectivity index (χ4n) is 1.57. The van der Waals surface area contributed by atoms with Crippen LogP contribution in [0.15, 0.2) is 29.1 Å². The second kappa shape index (κ2) is 3.70. The van der Waals surface area contributed by atoms with Gasteiger partial charge in [-0.05, 0) is 12.1 Å². The van der Waals surface area contributed by atoms with Gasteiger partial charge in [0.15, 0.2) is 0 Å². The average Bonchev–Trinajstić information content (AvgIpc) is 2.49. The van der Waals surface area contributed by atoms with E-state index in [9.17, 15) is 18.0 Å². The molecule has 0 amide bonds. The Hall–Kier alpha value is -1.72. The largest absolute Gasteiger partial charge is 0.390 e. The fraction of sp³-hybridized carbons (Fsp3) is 0.300. The van der Waals surface area contributed by atoms with Crippen LogP contribution in [0.4, 0.5) is 13.2 Å². The van der Waals surface area contributed by atoms with Gasteiger partial charge in [0, 0.05) is 6.54 Å². The van der Waals surface area contributed by atoms with Gasteiger partial charge in [0.25, 0.3) is 0 Å². The molecule has 1 heterocycles. The Morgan fingerprint density at radius 2 is 1.94 bits per heavy atom. The molecule has 86 valence electrons. The Kier molecular flexibility index (Phi) is 2.49. The predicted molar refractivity (Wildman–Crippen MR) is 53.2 cm³/mol. The van der Waals surface area contributed by atoms with Gasteiger partial charge in [-0.1, -0.05) is 12.1 Å². The number of hydrogen-bond donors (Lipinski definition) is 1. The molecule has 0 aliphatic rings. The molecule has 0 unspecified atom stereocenters. The first kappa shape index (κ1) is 10.8. The number of hydrogen-bond acceptors (Lipinski definition) is 1. The smallest absolute Gasteiger partial charge is 0.306 e. The van der Waals surface area contributed by atoms with Crippen LogP contribution >= 0.6 is 0 Å². The van der Waals surface area contributed by atoms with E-state index < -0.39 is 18.3 Å². The van der Waals surface area contributed by atoms with Crippen molar-refractivity contribution in [3.05, 3.63) is 34.7 Å². The Balaban J connectivity index is 2.37. The summed E-state index contributed by atoms with van der Waals surface area (Å²) in [7, 11) is 0. The summed E-state index contributed by atoms with van der Waals surface area (Å²) in [6, 6.07) is 6.66. The fourth-order valence-corrected chi connectivity index (χ4v) is 1.57. The number of benzene rings is 1. The quantitative estimate of drug-likeness (QED) is 0.844. The predicted octanol–water partition coefficient (Wildman–Crippen LogP) is 2.28. The highest BCUT2D eigenvalue weighted by Gasteiger charge is 2.27. The second-order valence-electron chi connectivity index (χ2n) is 3.46. The Morgan fingerprint density at radius 1 is 1.25 bits per heavy atom. The molecule has 0 fully saturated rings. The Labute approximate surface area is 88.5 Å². The van der Waals surface area contributed by atoms with Crippen LogP contribution in [0.3, 0.4) is 0 Å². The summed E-state index contributed by atoms with van der Waals surface area (Å²) in [6.45, 7) is -0.355. The highest BCUT2D eigenvalue weighted by atomic mass is 19.4. The van der Waals surface area contributed by atoms with E-state index in [-0.39, 0.29) is 6.54 Å². The molecule has 2 aromatic rings. The molecule has 16 heavy (non-hydrogen) atoms. The van der Waals surface area contributed by atoms with Crippen LogP contribution in [0.25, 0.3) is 11.0 Å². The number of halogens is 3. The van der Waals surface area contributed by atoms with Gasteiger partial charge >= 0.3 is 11.9 Å². The topological polar surface area (TPSA) is 37.8 Å². The molecule has 0 bridgehead atoms. The van der Waals surface area contributed by atoms with Gasteiger partial charge in [0.2, 0.25) is 0 Å². The van der Waals surface area contributed by atoms with Gasteiger partial charge in [-0.2, -0.15) is 13.2 Å². The number of aromatic nitrogens is 2. The SMILES string of the molecule is O=c1[nH]c2ccccc2n1CCC(F)(F)F. The number of H-pyrrole nitrogens is 1. The lowest BCUT2D eigenvalue weighted by atomic mass is 10.3. The normalized spacial score (nSPS) is 12.2. The third-order valence-electron chi connectivity index (χ3n) is 2.30. The number of nitrogens with zero attached hydrogens (tertiary/aromatic N) is 1. The first-order valence-corrected chi connectivity index (χ1v) is 4.72. The summed E-state index contributed by atoms with van der Waals surface area (Å²) in [5.74, 6) is 0. The van der Waals surface area contributed by atoms with E-state index in [2.05, 4.69) is 4.98 Å². The maximum Gasteiger partial charge on any atom is 0.390 e. The van der Waals surface area contributed by atoms with E-state index in [0.717, 1.165) is 4.57 Å². The lowest BCUT2D eigenvalue weighted by Gasteiger charge is -2.06. The molecule has 0 saturated carbocycles. The van der Waals surface area contributed by atoms with Crippen LogP contribution in [0.2, 0.25) is 0 Å². The minimum Gasteiger partial charge on any atom is -0.306 e. The molecule has 0 spiro atoms. The van der Waals surface area contributed by atoms with Crippen LogP contribution in [0.1, 0.15) is 6.42 Å². The molecule has 3 nitrogen and oxygen atoms in total. The summed E-state index contributed by atoms with van der Waals surface area (Å²) in [5.41, 5.74) is 0.539. The van der Waals surface area contributed by atoms with Gasteiger partial charge < -0.3 is 4.98 Å². The van der Waals surface area contributed by atoms with Gasteiger partial charge in [0.05, 0.1) is 17.5 Å². The Bertz CT molecular complexity index is 553. The van der Waals surface area contributed by atoms with Crippen molar-refractivity contribution in [2.75, 3.05) is 0 Å². The summed E-state index contributed by atoms with van der Waals surface area (Å²) < 4.78 is 37.3. The van der Waals surface area contributed by atoms with Gasteiger partial charge in [-0.15, -0.1) is 0 Å². The Morgan fingerprint density at radius 3 is 2.62 bits per heavy atom. The molecule has 0 aliphatic carbocycles. The van der Waals surface area contributed by atoms with Crippen molar-refractivity contribution in [3.8, 4) is 0 Å². The van der Waals surface area contributed by atoms with E-state index in [1.54, 1.807) is 24.3 Å². The molecule has 1 N–H and O–H groups in total. The van der Waals surface area contributed by atoms with Gasteiger partial charge in [-0.25, -0.2) is 4.79 Å². The van der Waals surface area contributed by atoms with Crippen LogP contribution < -0.4 is 5.69 Å². The molecular formula is C10H9F3N2O. The minimum absolute atomic E-state index is 0.355. The van der Waals surface area contributed by atoms with Crippen molar-refractivity contribution in [3.63, 3.8) is 0 Å². The molecule has 0 saturated heterocycles. The molecule has 0 atom stereocenters. The van der Waals surface area contributed by atoms with Crippen molar-refractivity contribution in [1.29, 1.82) is 0 Å². The van der Waals surface area contributed by atoms with E-state index in [1.807, 2.05) is 0 Å². The number of nitrogens with one attached hydrogen (secondary N) is 1.